The van der Waals surface area contributed by atoms with Crippen molar-refractivity contribution in [1.82, 2.24) is 0 Å². The van der Waals surface area contributed by atoms with Crippen molar-refractivity contribution in [2.45, 2.75) is 26.4 Å². The van der Waals surface area contributed by atoms with E-state index in [1.807, 2.05) is 0 Å². The average molecular weight is 332 g/mol. The fourth-order valence-corrected chi connectivity index (χ4v) is 1.77. The molecule has 1 aromatic rings. The van der Waals surface area contributed by atoms with Crippen LogP contribution in [0.15, 0.2) is 16.6 Å². The third-order valence-corrected chi connectivity index (χ3v) is 2.78. The van der Waals surface area contributed by atoms with Crippen molar-refractivity contribution in [2.24, 2.45) is 0 Å². The minimum Gasteiger partial charge on any atom is -0.508 e. The van der Waals surface area contributed by atoms with Gasteiger partial charge in [-0.2, -0.15) is 0 Å². The number of amides is 1. The van der Waals surface area contributed by atoms with Gasteiger partial charge in [0.25, 0.3) is 0 Å². The molecule has 1 aromatic carbocycles. The van der Waals surface area contributed by atoms with Crippen molar-refractivity contribution in [3.05, 3.63) is 22.2 Å². The van der Waals surface area contributed by atoms with Gasteiger partial charge in [0.15, 0.2) is 0 Å². The van der Waals surface area contributed by atoms with Gasteiger partial charge in [-0.3, -0.25) is 5.32 Å². The van der Waals surface area contributed by atoms with Crippen LogP contribution in [0.3, 0.4) is 0 Å². The second kappa shape index (κ2) is 5.48. The largest absolute Gasteiger partial charge is 0.508 e. The van der Waals surface area contributed by atoms with Crippen LogP contribution in [0.2, 0.25) is 0 Å². The molecule has 1 rings (SSSR count). The van der Waals surface area contributed by atoms with E-state index < -0.39 is 17.7 Å². The Balaban J connectivity index is 3.02. The Hall–Kier alpha value is -1.76. The third-order valence-electron chi connectivity index (χ3n) is 1.92. The summed E-state index contributed by atoms with van der Waals surface area (Å²) in [7, 11) is 0. The maximum atomic E-state index is 11.6. The molecule has 0 unspecified atom stereocenters. The maximum Gasteiger partial charge on any atom is 0.412 e. The zero-order valence-electron chi connectivity index (χ0n) is 10.7. The zero-order chi connectivity index (χ0) is 14.8. The van der Waals surface area contributed by atoms with Gasteiger partial charge >= 0.3 is 12.1 Å². The number of aromatic carboxylic acids is 1. The van der Waals surface area contributed by atoms with E-state index in [0.717, 1.165) is 6.07 Å². The van der Waals surface area contributed by atoms with E-state index in [4.69, 9.17) is 9.84 Å². The molecule has 104 valence electrons. The average Bonchev–Trinajstić information content (AvgIpc) is 2.19. The van der Waals surface area contributed by atoms with Crippen LogP contribution in [0, 0.1) is 0 Å². The molecule has 0 saturated carbocycles. The van der Waals surface area contributed by atoms with Crippen LogP contribution in [-0.2, 0) is 4.74 Å². The summed E-state index contributed by atoms with van der Waals surface area (Å²) in [6, 6.07) is 2.30. The molecule has 0 atom stereocenters. The van der Waals surface area contributed by atoms with E-state index in [1.165, 1.54) is 6.07 Å². The topological polar surface area (TPSA) is 95.9 Å². The number of nitrogens with one attached hydrogen (secondary N) is 1. The number of carboxylic acid groups (broad SMARTS) is 1. The SMILES string of the molecule is CC(C)(C)OC(=O)Nc1cc(O)cc(C(=O)O)c1Br. The Bertz CT molecular complexity index is 522. The number of phenolic OH excluding ortho intramolecular Hbond substituents is 1. The van der Waals surface area contributed by atoms with E-state index in [0.29, 0.717) is 0 Å². The standard InChI is InChI=1S/C12H14BrNO5/c1-12(2,3)19-11(18)14-8-5-6(15)4-7(9(8)13)10(16)17/h4-5,15H,1-3H3,(H,14,18)(H,16,17). The Kier molecular flexibility index (Phi) is 4.41. The highest BCUT2D eigenvalue weighted by molar-refractivity contribution is 9.10. The third kappa shape index (κ3) is 4.44. The van der Waals surface area contributed by atoms with Crippen LogP contribution < -0.4 is 5.32 Å². The smallest absolute Gasteiger partial charge is 0.412 e. The maximum absolute atomic E-state index is 11.6. The normalized spacial score (nSPS) is 10.9. The lowest BCUT2D eigenvalue weighted by atomic mass is 10.2. The van der Waals surface area contributed by atoms with Crippen LogP contribution in [0.25, 0.3) is 0 Å². The number of carbonyl (C=O) groups excluding carboxylic acids is 1. The highest BCUT2D eigenvalue weighted by Crippen LogP contribution is 2.31. The van der Waals surface area contributed by atoms with Crippen LogP contribution >= 0.6 is 15.9 Å². The van der Waals surface area contributed by atoms with Crippen LogP contribution in [0.5, 0.6) is 5.75 Å². The Morgan fingerprint density at radius 3 is 2.37 bits per heavy atom. The van der Waals surface area contributed by atoms with E-state index in [-0.39, 0.29) is 21.5 Å². The number of rotatable bonds is 2. The summed E-state index contributed by atoms with van der Waals surface area (Å²) in [4.78, 5) is 22.5. The summed E-state index contributed by atoms with van der Waals surface area (Å²) in [5, 5.41) is 20.8. The number of hydrogen-bond donors (Lipinski definition) is 3. The fraction of sp³-hybridized carbons (Fsp3) is 0.333. The quantitative estimate of drug-likeness (QED) is 0.773. The highest BCUT2D eigenvalue weighted by atomic mass is 79.9. The number of halogens is 1. The van der Waals surface area contributed by atoms with Crippen molar-refractivity contribution in [3.8, 4) is 5.75 Å². The number of anilines is 1. The molecule has 6 nitrogen and oxygen atoms in total. The molecule has 19 heavy (non-hydrogen) atoms. The summed E-state index contributed by atoms with van der Waals surface area (Å²) in [6.07, 6.45) is -0.741. The Morgan fingerprint density at radius 2 is 1.89 bits per heavy atom. The van der Waals surface area contributed by atoms with Crippen molar-refractivity contribution in [1.29, 1.82) is 0 Å². The van der Waals surface area contributed by atoms with E-state index in [1.54, 1.807) is 20.8 Å². The lowest BCUT2D eigenvalue weighted by Gasteiger charge is -2.20. The summed E-state index contributed by atoms with van der Waals surface area (Å²) >= 11 is 3.06. The van der Waals surface area contributed by atoms with E-state index in [2.05, 4.69) is 21.2 Å². The zero-order valence-corrected chi connectivity index (χ0v) is 12.2. The summed E-state index contributed by atoms with van der Waals surface area (Å²) in [5.74, 6) is -1.50. The van der Waals surface area contributed by atoms with Crippen molar-refractivity contribution in [2.75, 3.05) is 5.32 Å². The number of benzene rings is 1. The van der Waals surface area contributed by atoms with Crippen molar-refractivity contribution >= 4 is 33.7 Å². The van der Waals surface area contributed by atoms with Gasteiger partial charge in [0, 0.05) is 6.07 Å². The molecule has 0 spiro atoms. The van der Waals surface area contributed by atoms with E-state index in [9.17, 15) is 14.7 Å². The van der Waals surface area contributed by atoms with Crippen LogP contribution in [0.1, 0.15) is 31.1 Å². The summed E-state index contributed by atoms with van der Waals surface area (Å²) in [5.41, 5.74) is -0.721. The van der Waals surface area contributed by atoms with Gasteiger partial charge in [0.1, 0.15) is 11.4 Å². The number of aromatic hydroxyl groups is 1. The minimum atomic E-state index is -1.23. The van der Waals surface area contributed by atoms with Crippen molar-refractivity contribution < 1.29 is 24.5 Å². The number of carbonyl (C=O) groups is 2. The molecule has 7 heteroatoms. The predicted octanol–water partition coefficient (Wildman–Crippen LogP) is 3.20. The molecule has 0 aliphatic carbocycles. The molecular formula is C12H14BrNO5. The first-order chi connectivity index (χ1) is 8.60. The molecule has 0 radical (unpaired) electrons. The van der Waals surface area contributed by atoms with Gasteiger partial charge in [-0.05, 0) is 42.8 Å². The first-order valence-corrected chi connectivity index (χ1v) is 6.15. The minimum absolute atomic E-state index is 0.117. The fourth-order valence-electron chi connectivity index (χ4n) is 1.27. The van der Waals surface area contributed by atoms with Crippen LogP contribution in [0.4, 0.5) is 10.5 Å². The van der Waals surface area contributed by atoms with Crippen LogP contribution in [-0.4, -0.2) is 27.9 Å². The predicted molar refractivity (Wildman–Crippen MR) is 72.6 cm³/mol. The lowest BCUT2D eigenvalue weighted by Crippen LogP contribution is -2.27. The lowest BCUT2D eigenvalue weighted by molar-refractivity contribution is 0.0632. The molecular weight excluding hydrogens is 318 g/mol. The molecule has 3 N–H and O–H groups in total. The summed E-state index contributed by atoms with van der Waals surface area (Å²) < 4.78 is 5.19. The first-order valence-electron chi connectivity index (χ1n) is 5.36. The molecule has 0 aliphatic heterocycles. The molecule has 0 aromatic heterocycles. The van der Waals surface area contributed by atoms with Gasteiger partial charge in [-0.1, -0.05) is 0 Å². The molecule has 0 heterocycles. The molecule has 0 aliphatic rings. The number of phenols is 1. The molecule has 0 fully saturated rings. The van der Waals surface area contributed by atoms with E-state index >= 15 is 0 Å². The second-order valence-electron chi connectivity index (χ2n) is 4.79. The van der Waals surface area contributed by atoms with Gasteiger partial charge in [-0.15, -0.1) is 0 Å². The highest BCUT2D eigenvalue weighted by Gasteiger charge is 2.19. The Labute approximate surface area is 118 Å². The van der Waals surface area contributed by atoms with Gasteiger partial charge in [0.05, 0.1) is 15.7 Å². The second-order valence-corrected chi connectivity index (χ2v) is 5.58. The number of carboxylic acids is 1. The monoisotopic (exact) mass is 331 g/mol. The molecule has 1 amide bonds. The molecule has 0 saturated heterocycles. The van der Waals surface area contributed by atoms with Gasteiger partial charge in [0.2, 0.25) is 0 Å². The number of hydrogen-bond acceptors (Lipinski definition) is 4. The van der Waals surface area contributed by atoms with Gasteiger partial charge in [-0.25, -0.2) is 9.59 Å². The summed E-state index contributed by atoms with van der Waals surface area (Å²) in [6.45, 7) is 5.10. The van der Waals surface area contributed by atoms with Gasteiger partial charge < -0.3 is 14.9 Å². The first kappa shape index (κ1) is 15.3. The Morgan fingerprint density at radius 1 is 1.32 bits per heavy atom. The molecule has 0 bridgehead atoms. The number of ether oxygens (including phenoxy) is 1. The van der Waals surface area contributed by atoms with Crippen molar-refractivity contribution in [3.63, 3.8) is 0 Å².